The first-order valence-electron chi connectivity index (χ1n) is 7.15. The fraction of sp³-hybridized carbons (Fsp3) is 0.111. The van der Waals surface area contributed by atoms with E-state index in [1.165, 1.54) is 16.9 Å². The number of halogens is 1. The van der Waals surface area contributed by atoms with E-state index >= 15 is 0 Å². The molecule has 3 nitrogen and oxygen atoms in total. The van der Waals surface area contributed by atoms with E-state index in [1.807, 2.05) is 62.4 Å². The first-order chi connectivity index (χ1) is 11.1. The van der Waals surface area contributed by atoms with Gasteiger partial charge in [0.2, 0.25) is 0 Å². The summed E-state index contributed by atoms with van der Waals surface area (Å²) in [5.41, 5.74) is 5.49. The minimum absolute atomic E-state index is 0.289. The van der Waals surface area contributed by atoms with Crippen LogP contribution in [0.4, 0.5) is 0 Å². The van der Waals surface area contributed by atoms with Crippen LogP contribution in [0.25, 0.3) is 10.1 Å². The summed E-state index contributed by atoms with van der Waals surface area (Å²) < 4.78 is 0.988. The highest BCUT2D eigenvalue weighted by Gasteiger charge is 2.16. The van der Waals surface area contributed by atoms with Crippen LogP contribution in [0.3, 0.4) is 0 Å². The molecule has 0 aliphatic carbocycles. The molecule has 0 bridgehead atoms. The fourth-order valence-electron chi connectivity index (χ4n) is 2.20. The molecule has 0 spiro atoms. The summed E-state index contributed by atoms with van der Waals surface area (Å²) in [6, 6.07) is 15.7. The normalized spacial score (nSPS) is 11.7. The van der Waals surface area contributed by atoms with Gasteiger partial charge in [-0.05, 0) is 25.5 Å². The number of benzene rings is 2. The lowest BCUT2D eigenvalue weighted by Gasteiger charge is -2.03. The van der Waals surface area contributed by atoms with Crippen molar-refractivity contribution in [1.82, 2.24) is 5.43 Å². The molecule has 3 aromatic rings. The molecular formula is C18H15ClN2OS. The van der Waals surface area contributed by atoms with E-state index in [4.69, 9.17) is 11.6 Å². The number of hydrogen-bond acceptors (Lipinski definition) is 3. The van der Waals surface area contributed by atoms with Crippen molar-refractivity contribution in [3.8, 4) is 0 Å². The van der Waals surface area contributed by atoms with Crippen LogP contribution in [0.5, 0.6) is 0 Å². The number of hydrogen-bond donors (Lipinski definition) is 1. The highest BCUT2D eigenvalue weighted by molar-refractivity contribution is 7.21. The Morgan fingerprint density at radius 2 is 1.83 bits per heavy atom. The number of thiophene rings is 1. The minimum Gasteiger partial charge on any atom is -0.266 e. The summed E-state index contributed by atoms with van der Waals surface area (Å²) in [7, 11) is 0. The van der Waals surface area contributed by atoms with E-state index in [2.05, 4.69) is 10.5 Å². The largest absolute Gasteiger partial charge is 0.283 e. The zero-order valence-electron chi connectivity index (χ0n) is 12.8. The van der Waals surface area contributed by atoms with Gasteiger partial charge >= 0.3 is 0 Å². The Kier molecular flexibility index (Phi) is 4.46. The fourth-order valence-corrected chi connectivity index (χ4v) is 3.61. The molecule has 0 aliphatic rings. The van der Waals surface area contributed by atoms with Gasteiger partial charge in [0.05, 0.1) is 10.7 Å². The van der Waals surface area contributed by atoms with Gasteiger partial charge in [0, 0.05) is 10.1 Å². The predicted octanol–water partition coefficient (Wildman–Crippen LogP) is 5.02. The van der Waals surface area contributed by atoms with Crippen molar-refractivity contribution >= 4 is 44.6 Å². The Hall–Kier alpha value is -2.17. The number of carbonyl (C=O) groups is 1. The molecular weight excluding hydrogens is 328 g/mol. The highest BCUT2D eigenvalue weighted by Crippen LogP contribution is 2.34. The topological polar surface area (TPSA) is 41.5 Å². The highest BCUT2D eigenvalue weighted by atomic mass is 35.5. The molecule has 5 heteroatoms. The van der Waals surface area contributed by atoms with Crippen molar-refractivity contribution in [2.24, 2.45) is 5.10 Å². The molecule has 2 aromatic carbocycles. The van der Waals surface area contributed by atoms with Crippen LogP contribution in [0.2, 0.25) is 5.02 Å². The smallest absolute Gasteiger partial charge is 0.266 e. The lowest BCUT2D eigenvalue weighted by atomic mass is 10.1. The van der Waals surface area contributed by atoms with E-state index in [0.717, 1.165) is 21.4 Å². The number of rotatable bonds is 3. The van der Waals surface area contributed by atoms with E-state index in [0.29, 0.717) is 9.90 Å². The van der Waals surface area contributed by atoms with Crippen molar-refractivity contribution in [3.63, 3.8) is 0 Å². The third-order valence-electron chi connectivity index (χ3n) is 3.54. The van der Waals surface area contributed by atoms with Crippen molar-refractivity contribution < 1.29 is 4.79 Å². The van der Waals surface area contributed by atoms with Crippen LogP contribution in [0.1, 0.15) is 27.7 Å². The molecule has 0 atom stereocenters. The van der Waals surface area contributed by atoms with Gasteiger partial charge in [-0.25, -0.2) is 5.43 Å². The van der Waals surface area contributed by atoms with E-state index in [9.17, 15) is 4.79 Å². The minimum atomic E-state index is -0.289. The SMILES string of the molecule is CC(=NNC(=O)c1sc2ccccc2c1Cl)c1ccc(C)cc1. The number of fused-ring (bicyclic) bond motifs is 1. The zero-order valence-corrected chi connectivity index (χ0v) is 14.3. The van der Waals surface area contributed by atoms with Crippen LogP contribution in [0.15, 0.2) is 53.6 Å². The molecule has 0 radical (unpaired) electrons. The summed E-state index contributed by atoms with van der Waals surface area (Å²) in [6.45, 7) is 3.89. The third-order valence-corrected chi connectivity index (χ3v) is 5.21. The zero-order chi connectivity index (χ0) is 16.4. The summed E-state index contributed by atoms with van der Waals surface area (Å²) in [4.78, 5) is 12.8. The summed E-state index contributed by atoms with van der Waals surface area (Å²) in [5.74, 6) is -0.289. The van der Waals surface area contributed by atoms with E-state index < -0.39 is 0 Å². The number of carbonyl (C=O) groups excluding carboxylic acids is 1. The number of hydrazone groups is 1. The van der Waals surface area contributed by atoms with Gasteiger partial charge in [0.15, 0.2) is 0 Å². The number of aryl methyl sites for hydroxylation is 1. The van der Waals surface area contributed by atoms with Crippen LogP contribution in [-0.2, 0) is 0 Å². The molecule has 0 unspecified atom stereocenters. The van der Waals surface area contributed by atoms with E-state index in [1.54, 1.807) is 0 Å². The maximum Gasteiger partial charge on any atom is 0.283 e. The van der Waals surface area contributed by atoms with Gasteiger partial charge in [0.1, 0.15) is 4.88 Å². The molecule has 0 fully saturated rings. The van der Waals surface area contributed by atoms with Gasteiger partial charge in [-0.2, -0.15) is 5.10 Å². The molecule has 23 heavy (non-hydrogen) atoms. The van der Waals surface area contributed by atoms with Crippen LogP contribution in [0, 0.1) is 6.92 Å². The Morgan fingerprint density at radius 1 is 1.13 bits per heavy atom. The molecule has 1 aromatic heterocycles. The maximum absolute atomic E-state index is 12.3. The Balaban J connectivity index is 1.81. The molecule has 1 amide bonds. The van der Waals surface area contributed by atoms with Crippen molar-refractivity contribution in [3.05, 3.63) is 69.6 Å². The average molecular weight is 343 g/mol. The summed E-state index contributed by atoms with van der Waals surface area (Å²) >= 11 is 7.67. The molecule has 3 rings (SSSR count). The standard InChI is InChI=1S/C18H15ClN2OS/c1-11-7-9-13(10-8-11)12(2)20-21-18(22)17-16(19)14-5-3-4-6-15(14)23-17/h3-10H,1-2H3,(H,21,22). The van der Waals surface area contributed by atoms with Gasteiger partial charge in [-0.3, -0.25) is 4.79 Å². The van der Waals surface area contributed by atoms with Crippen molar-refractivity contribution in [2.45, 2.75) is 13.8 Å². The number of nitrogens with one attached hydrogen (secondary N) is 1. The third kappa shape index (κ3) is 3.28. The van der Waals surface area contributed by atoms with Crippen LogP contribution in [-0.4, -0.2) is 11.6 Å². The second-order valence-electron chi connectivity index (χ2n) is 5.25. The predicted molar refractivity (Wildman–Crippen MR) is 97.7 cm³/mol. The first-order valence-corrected chi connectivity index (χ1v) is 8.34. The molecule has 1 N–H and O–H groups in total. The average Bonchev–Trinajstić information content (AvgIpc) is 2.90. The molecule has 0 aliphatic heterocycles. The monoisotopic (exact) mass is 342 g/mol. The number of nitrogens with zero attached hydrogens (tertiary/aromatic N) is 1. The second-order valence-corrected chi connectivity index (χ2v) is 6.68. The molecule has 0 saturated heterocycles. The van der Waals surface area contributed by atoms with E-state index in [-0.39, 0.29) is 5.91 Å². The summed E-state index contributed by atoms with van der Waals surface area (Å²) in [5, 5.41) is 5.55. The lowest BCUT2D eigenvalue weighted by molar-refractivity contribution is 0.0959. The lowest BCUT2D eigenvalue weighted by Crippen LogP contribution is -2.18. The van der Waals surface area contributed by atoms with Crippen LogP contribution < -0.4 is 5.43 Å². The molecule has 0 saturated carbocycles. The Labute approximate surface area is 143 Å². The first kappa shape index (κ1) is 15.7. The molecule has 1 heterocycles. The van der Waals surface area contributed by atoms with Crippen molar-refractivity contribution in [1.29, 1.82) is 0 Å². The second kappa shape index (κ2) is 6.52. The van der Waals surface area contributed by atoms with Crippen molar-refractivity contribution in [2.75, 3.05) is 0 Å². The Bertz CT molecular complexity index is 897. The van der Waals surface area contributed by atoms with Gasteiger partial charge in [-0.15, -0.1) is 11.3 Å². The summed E-state index contributed by atoms with van der Waals surface area (Å²) in [6.07, 6.45) is 0. The van der Waals surface area contributed by atoms with Gasteiger partial charge < -0.3 is 0 Å². The van der Waals surface area contributed by atoms with Crippen LogP contribution >= 0.6 is 22.9 Å². The quantitative estimate of drug-likeness (QED) is 0.527. The Morgan fingerprint density at radius 3 is 2.52 bits per heavy atom. The maximum atomic E-state index is 12.3. The van der Waals surface area contributed by atoms with Gasteiger partial charge in [0.25, 0.3) is 5.91 Å². The van der Waals surface area contributed by atoms with Gasteiger partial charge in [-0.1, -0.05) is 59.6 Å². The number of amides is 1. The molecule has 116 valence electrons.